The number of carbonyl (C=O) groups is 1. The van der Waals surface area contributed by atoms with Crippen molar-refractivity contribution in [2.24, 2.45) is 11.3 Å². The number of aromatic nitrogens is 2. The molecule has 2 saturated heterocycles. The van der Waals surface area contributed by atoms with Gasteiger partial charge in [0, 0.05) is 44.4 Å². The third-order valence-electron chi connectivity index (χ3n) is 5.80. The molecule has 2 fully saturated rings. The molecular formula is C16H24N4O2. The molecule has 0 radical (unpaired) electrons. The summed E-state index contributed by atoms with van der Waals surface area (Å²) in [6, 6.07) is 0. The van der Waals surface area contributed by atoms with Gasteiger partial charge in [0.2, 0.25) is 5.91 Å². The van der Waals surface area contributed by atoms with Gasteiger partial charge in [0.15, 0.2) is 0 Å². The van der Waals surface area contributed by atoms with Crippen molar-refractivity contribution in [3.05, 3.63) is 17.2 Å². The molecule has 2 atom stereocenters. The lowest BCUT2D eigenvalue weighted by Crippen LogP contribution is -2.53. The van der Waals surface area contributed by atoms with Crippen LogP contribution in [0.4, 0.5) is 0 Å². The van der Waals surface area contributed by atoms with Crippen LogP contribution in [0, 0.1) is 25.2 Å². The molecule has 1 aromatic rings. The molecule has 6 nitrogen and oxygen atoms in total. The third kappa shape index (κ3) is 1.93. The number of nitrogens with one attached hydrogen (secondary N) is 1. The largest absolute Gasteiger partial charge is 0.381 e. The minimum absolute atomic E-state index is 0.253. The van der Waals surface area contributed by atoms with Gasteiger partial charge < -0.3 is 19.5 Å². The van der Waals surface area contributed by atoms with Crippen LogP contribution in [0.25, 0.3) is 0 Å². The smallest absolute Gasteiger partial charge is 0.231 e. The lowest BCUT2D eigenvalue weighted by atomic mass is 9.73. The van der Waals surface area contributed by atoms with Crippen LogP contribution in [0.2, 0.25) is 0 Å². The maximum absolute atomic E-state index is 13.3. The molecule has 3 aliphatic rings. The second kappa shape index (κ2) is 5.06. The summed E-state index contributed by atoms with van der Waals surface area (Å²) in [5.74, 6) is 1.65. The Morgan fingerprint density at radius 1 is 1.41 bits per heavy atom. The summed E-state index contributed by atoms with van der Waals surface area (Å²) in [5, 5.41) is 3.41. The predicted octanol–water partition coefficient (Wildman–Crippen LogP) is 0.468. The Hall–Kier alpha value is -1.40. The van der Waals surface area contributed by atoms with E-state index in [0.29, 0.717) is 31.6 Å². The quantitative estimate of drug-likeness (QED) is 0.819. The highest BCUT2D eigenvalue weighted by molar-refractivity contribution is 5.84. The molecule has 6 heteroatoms. The minimum Gasteiger partial charge on any atom is -0.381 e. The molecule has 22 heavy (non-hydrogen) atoms. The zero-order valence-electron chi connectivity index (χ0n) is 13.4. The van der Waals surface area contributed by atoms with E-state index in [9.17, 15) is 4.79 Å². The van der Waals surface area contributed by atoms with Crippen molar-refractivity contribution in [3.8, 4) is 0 Å². The van der Waals surface area contributed by atoms with Crippen LogP contribution >= 0.6 is 0 Å². The van der Waals surface area contributed by atoms with Crippen LogP contribution in [-0.2, 0) is 22.6 Å². The van der Waals surface area contributed by atoms with Gasteiger partial charge in [-0.05, 0) is 20.3 Å². The lowest BCUT2D eigenvalue weighted by Gasteiger charge is -2.41. The fourth-order valence-corrected chi connectivity index (χ4v) is 4.26. The summed E-state index contributed by atoms with van der Waals surface area (Å²) < 4.78 is 7.85. The van der Waals surface area contributed by atoms with E-state index in [-0.39, 0.29) is 5.41 Å². The van der Waals surface area contributed by atoms with Crippen molar-refractivity contribution in [1.82, 2.24) is 19.8 Å². The summed E-state index contributed by atoms with van der Waals surface area (Å²) >= 11 is 0. The Bertz CT molecular complexity index is 612. The third-order valence-corrected chi connectivity index (χ3v) is 5.80. The van der Waals surface area contributed by atoms with Gasteiger partial charge in [0.25, 0.3) is 0 Å². The van der Waals surface area contributed by atoms with E-state index in [2.05, 4.69) is 21.8 Å². The average Bonchev–Trinajstić information content (AvgIpc) is 3.09. The van der Waals surface area contributed by atoms with Crippen LogP contribution < -0.4 is 5.32 Å². The van der Waals surface area contributed by atoms with E-state index in [1.165, 1.54) is 5.69 Å². The number of imidazole rings is 1. The number of hydrogen-bond acceptors (Lipinski definition) is 4. The predicted molar refractivity (Wildman–Crippen MR) is 81.3 cm³/mol. The Morgan fingerprint density at radius 3 is 3.14 bits per heavy atom. The molecule has 3 aliphatic heterocycles. The van der Waals surface area contributed by atoms with E-state index >= 15 is 0 Å². The number of hydrogen-bond donors (Lipinski definition) is 1. The molecule has 0 unspecified atom stereocenters. The van der Waals surface area contributed by atoms with Crippen LogP contribution in [0.5, 0.6) is 0 Å². The Kier molecular flexibility index (Phi) is 3.27. The fraction of sp³-hybridized carbons (Fsp3) is 0.750. The molecule has 0 aromatic carbocycles. The van der Waals surface area contributed by atoms with Gasteiger partial charge in [-0.25, -0.2) is 4.98 Å². The van der Waals surface area contributed by atoms with Crippen molar-refractivity contribution in [2.75, 3.05) is 32.8 Å². The first kappa shape index (κ1) is 14.2. The minimum atomic E-state index is -0.253. The normalized spacial score (nSPS) is 31.0. The zero-order chi connectivity index (χ0) is 15.3. The summed E-state index contributed by atoms with van der Waals surface area (Å²) in [7, 11) is 0. The first-order valence-electron chi connectivity index (χ1n) is 8.22. The Morgan fingerprint density at radius 2 is 2.27 bits per heavy atom. The van der Waals surface area contributed by atoms with E-state index in [4.69, 9.17) is 4.74 Å². The van der Waals surface area contributed by atoms with Crippen molar-refractivity contribution in [3.63, 3.8) is 0 Å². The van der Waals surface area contributed by atoms with Gasteiger partial charge in [0.1, 0.15) is 5.82 Å². The van der Waals surface area contributed by atoms with Crippen molar-refractivity contribution < 1.29 is 9.53 Å². The van der Waals surface area contributed by atoms with Crippen molar-refractivity contribution in [1.29, 1.82) is 0 Å². The highest BCUT2D eigenvalue weighted by atomic mass is 16.5. The van der Waals surface area contributed by atoms with Crippen LogP contribution in [0.3, 0.4) is 0 Å². The SMILES string of the molecule is Cc1nc2n(c1C)CCN(C(=O)[C@@]13CCOC[C@@H]1CNC3)C2. The molecule has 4 rings (SSSR count). The molecule has 0 spiro atoms. The second-order valence-electron chi connectivity index (χ2n) is 6.89. The lowest BCUT2D eigenvalue weighted by molar-refractivity contribution is -0.152. The second-order valence-corrected chi connectivity index (χ2v) is 6.89. The average molecular weight is 304 g/mol. The standard InChI is InChI=1S/C16H24N4O2/c1-11-12(2)20-5-4-19(8-14(20)18-11)15(21)16-3-6-22-9-13(16)7-17-10-16/h13,17H,3-10H2,1-2H3/t13-,16+/m0/s1. The van der Waals surface area contributed by atoms with Gasteiger partial charge in [0.05, 0.1) is 24.3 Å². The van der Waals surface area contributed by atoms with E-state index < -0.39 is 0 Å². The van der Waals surface area contributed by atoms with Gasteiger partial charge in [-0.2, -0.15) is 0 Å². The number of aryl methyl sites for hydroxylation is 1. The molecule has 1 amide bonds. The summed E-state index contributed by atoms with van der Waals surface area (Å²) in [4.78, 5) is 19.9. The molecule has 120 valence electrons. The summed E-state index contributed by atoms with van der Waals surface area (Å²) in [5.41, 5.74) is 2.05. The molecule has 0 saturated carbocycles. The number of ether oxygens (including phenoxy) is 1. The summed E-state index contributed by atoms with van der Waals surface area (Å²) in [6.45, 7) is 9.54. The van der Waals surface area contributed by atoms with Gasteiger partial charge in [-0.15, -0.1) is 0 Å². The van der Waals surface area contributed by atoms with Crippen LogP contribution in [0.1, 0.15) is 23.6 Å². The van der Waals surface area contributed by atoms with E-state index in [1.807, 2.05) is 11.8 Å². The van der Waals surface area contributed by atoms with Crippen LogP contribution in [0.15, 0.2) is 0 Å². The van der Waals surface area contributed by atoms with Gasteiger partial charge in [-0.3, -0.25) is 4.79 Å². The van der Waals surface area contributed by atoms with Crippen LogP contribution in [-0.4, -0.2) is 53.2 Å². The van der Waals surface area contributed by atoms with Crippen molar-refractivity contribution >= 4 is 5.91 Å². The Labute approximate surface area is 130 Å². The maximum Gasteiger partial charge on any atom is 0.231 e. The first-order chi connectivity index (χ1) is 10.6. The zero-order valence-corrected chi connectivity index (χ0v) is 13.4. The molecular weight excluding hydrogens is 280 g/mol. The molecule has 4 heterocycles. The molecule has 0 aliphatic carbocycles. The highest BCUT2D eigenvalue weighted by Gasteiger charge is 2.52. The van der Waals surface area contributed by atoms with E-state index in [1.54, 1.807) is 0 Å². The Balaban J connectivity index is 1.59. The monoisotopic (exact) mass is 304 g/mol. The number of fused-ring (bicyclic) bond motifs is 2. The summed E-state index contributed by atoms with van der Waals surface area (Å²) in [6.07, 6.45) is 0.840. The van der Waals surface area contributed by atoms with Crippen molar-refractivity contribution in [2.45, 2.75) is 33.4 Å². The number of nitrogens with zero attached hydrogens (tertiary/aromatic N) is 3. The number of amides is 1. The number of carbonyl (C=O) groups excluding carboxylic acids is 1. The number of rotatable bonds is 1. The maximum atomic E-state index is 13.3. The van der Waals surface area contributed by atoms with E-state index in [0.717, 1.165) is 44.1 Å². The highest BCUT2D eigenvalue weighted by Crippen LogP contribution is 2.40. The van der Waals surface area contributed by atoms with Gasteiger partial charge >= 0.3 is 0 Å². The topological polar surface area (TPSA) is 59.4 Å². The molecule has 1 aromatic heterocycles. The fourth-order valence-electron chi connectivity index (χ4n) is 4.26. The molecule has 0 bridgehead atoms. The van der Waals surface area contributed by atoms with Gasteiger partial charge in [-0.1, -0.05) is 0 Å². The molecule has 1 N–H and O–H groups in total. The first-order valence-corrected chi connectivity index (χ1v) is 8.22.